The van der Waals surface area contributed by atoms with E-state index in [1.54, 1.807) is 6.07 Å². The maximum atomic E-state index is 13.7. The van der Waals surface area contributed by atoms with Gasteiger partial charge in [0.1, 0.15) is 5.82 Å². The lowest BCUT2D eigenvalue weighted by molar-refractivity contribution is 0.500. The van der Waals surface area contributed by atoms with Crippen molar-refractivity contribution in [2.24, 2.45) is 0 Å². The molecule has 2 rings (SSSR count). The van der Waals surface area contributed by atoms with Gasteiger partial charge in [0.2, 0.25) is 5.95 Å². The lowest BCUT2D eigenvalue weighted by Crippen LogP contribution is -2.09. The number of aromatic nitrogens is 2. The molecular formula is C13H17FIN3. The van der Waals surface area contributed by atoms with Gasteiger partial charge in [0.05, 0.1) is 14.6 Å². The highest BCUT2D eigenvalue weighted by Gasteiger charge is 2.15. The zero-order valence-corrected chi connectivity index (χ0v) is 12.7. The van der Waals surface area contributed by atoms with Crippen LogP contribution in [-0.2, 0) is 0 Å². The summed E-state index contributed by atoms with van der Waals surface area (Å²) in [5.74, 6) is 0.252. The predicted molar refractivity (Wildman–Crippen MR) is 81.1 cm³/mol. The molecule has 2 N–H and O–H groups in total. The molecule has 0 bridgehead atoms. The number of nitrogens with zero attached hydrogens (tertiary/aromatic N) is 2. The van der Waals surface area contributed by atoms with Crippen LogP contribution < -0.4 is 5.73 Å². The zero-order valence-electron chi connectivity index (χ0n) is 10.6. The summed E-state index contributed by atoms with van der Waals surface area (Å²) >= 11 is 1.97. The molecule has 0 aliphatic heterocycles. The van der Waals surface area contributed by atoms with Crippen LogP contribution >= 0.6 is 22.6 Å². The third kappa shape index (κ3) is 2.46. The average molecular weight is 361 g/mol. The van der Waals surface area contributed by atoms with E-state index in [-0.39, 0.29) is 11.9 Å². The Morgan fingerprint density at radius 2 is 2.22 bits per heavy atom. The average Bonchev–Trinajstić information content (AvgIpc) is 2.62. The third-order valence-electron chi connectivity index (χ3n) is 3.18. The van der Waals surface area contributed by atoms with E-state index in [2.05, 4.69) is 18.8 Å². The lowest BCUT2D eigenvalue weighted by Gasteiger charge is -2.15. The molecule has 0 spiro atoms. The van der Waals surface area contributed by atoms with Gasteiger partial charge in [-0.15, -0.1) is 0 Å². The van der Waals surface area contributed by atoms with Gasteiger partial charge in [-0.1, -0.05) is 19.8 Å². The molecule has 98 valence electrons. The summed E-state index contributed by atoms with van der Waals surface area (Å²) in [5, 5.41) is 0. The number of nitrogen functional groups attached to an aromatic ring is 1. The minimum Gasteiger partial charge on any atom is -0.369 e. The van der Waals surface area contributed by atoms with Crippen LogP contribution in [0.4, 0.5) is 10.3 Å². The van der Waals surface area contributed by atoms with Crippen molar-refractivity contribution < 1.29 is 4.39 Å². The number of anilines is 1. The smallest absolute Gasteiger partial charge is 0.201 e. The van der Waals surface area contributed by atoms with Crippen LogP contribution in [0.1, 0.15) is 39.2 Å². The van der Waals surface area contributed by atoms with Crippen LogP contribution in [0.2, 0.25) is 0 Å². The molecule has 0 aliphatic rings. The van der Waals surface area contributed by atoms with Crippen LogP contribution in [0.3, 0.4) is 0 Å². The SMILES string of the molecule is CCCCC(C)n1c(N)nc2cc(I)c(F)cc21. The molecule has 5 heteroatoms. The van der Waals surface area contributed by atoms with E-state index in [4.69, 9.17) is 5.73 Å². The number of fused-ring (bicyclic) bond motifs is 1. The lowest BCUT2D eigenvalue weighted by atomic mass is 10.1. The largest absolute Gasteiger partial charge is 0.369 e. The van der Waals surface area contributed by atoms with Crippen LogP contribution in [0.15, 0.2) is 12.1 Å². The van der Waals surface area contributed by atoms with Crippen molar-refractivity contribution in [1.82, 2.24) is 9.55 Å². The minimum absolute atomic E-state index is 0.216. The number of hydrogen-bond acceptors (Lipinski definition) is 2. The molecule has 2 aromatic rings. The molecule has 1 aromatic heterocycles. The summed E-state index contributed by atoms with van der Waals surface area (Å²) in [7, 11) is 0. The van der Waals surface area contributed by atoms with E-state index in [1.165, 1.54) is 6.07 Å². The molecular weight excluding hydrogens is 344 g/mol. The molecule has 0 aliphatic carbocycles. The van der Waals surface area contributed by atoms with Crippen LogP contribution in [0, 0.1) is 9.39 Å². The van der Waals surface area contributed by atoms with Crippen molar-refractivity contribution >= 4 is 39.6 Å². The van der Waals surface area contributed by atoms with Crippen LogP contribution in [-0.4, -0.2) is 9.55 Å². The first-order chi connectivity index (χ1) is 8.54. The number of benzene rings is 1. The number of rotatable bonds is 4. The maximum Gasteiger partial charge on any atom is 0.201 e. The fraction of sp³-hybridized carbons (Fsp3) is 0.462. The van der Waals surface area contributed by atoms with Gasteiger partial charge in [0, 0.05) is 12.1 Å². The Morgan fingerprint density at radius 3 is 2.89 bits per heavy atom. The van der Waals surface area contributed by atoms with Gasteiger partial charge in [-0.05, 0) is 42.0 Å². The summed E-state index contributed by atoms with van der Waals surface area (Å²) in [6.45, 7) is 4.26. The second kappa shape index (κ2) is 5.42. The molecule has 0 saturated carbocycles. The van der Waals surface area contributed by atoms with Crippen molar-refractivity contribution in [2.45, 2.75) is 39.2 Å². The van der Waals surface area contributed by atoms with E-state index in [9.17, 15) is 4.39 Å². The minimum atomic E-state index is -0.216. The molecule has 0 amide bonds. The van der Waals surface area contributed by atoms with Gasteiger partial charge >= 0.3 is 0 Å². The summed E-state index contributed by atoms with van der Waals surface area (Å²) in [6.07, 6.45) is 3.30. The van der Waals surface area contributed by atoms with Gasteiger partial charge in [0.15, 0.2) is 0 Å². The highest BCUT2D eigenvalue weighted by Crippen LogP contribution is 2.28. The second-order valence-corrected chi connectivity index (χ2v) is 5.75. The van der Waals surface area contributed by atoms with E-state index < -0.39 is 0 Å². The molecule has 1 unspecified atom stereocenters. The Labute approximate surface area is 120 Å². The normalized spacial score (nSPS) is 13.1. The highest BCUT2D eigenvalue weighted by atomic mass is 127. The number of unbranched alkanes of at least 4 members (excludes halogenated alkanes) is 1. The topological polar surface area (TPSA) is 43.8 Å². The summed E-state index contributed by atoms with van der Waals surface area (Å²) in [5.41, 5.74) is 7.50. The number of imidazole rings is 1. The summed E-state index contributed by atoms with van der Waals surface area (Å²) in [6, 6.07) is 3.52. The van der Waals surface area contributed by atoms with Crippen LogP contribution in [0.25, 0.3) is 11.0 Å². The predicted octanol–water partition coefficient (Wildman–Crippen LogP) is 4.11. The Bertz CT molecular complexity index is 565. The van der Waals surface area contributed by atoms with Crippen molar-refractivity contribution in [1.29, 1.82) is 0 Å². The van der Waals surface area contributed by atoms with Gasteiger partial charge in [0.25, 0.3) is 0 Å². The first kappa shape index (κ1) is 13.6. The summed E-state index contributed by atoms with van der Waals surface area (Å²) < 4.78 is 16.2. The molecule has 0 saturated heterocycles. The Morgan fingerprint density at radius 1 is 1.50 bits per heavy atom. The standard InChI is InChI=1S/C13H17FIN3/c1-3-4-5-8(2)18-12-6-9(14)10(15)7-11(12)17-13(18)16/h6-8H,3-5H2,1-2H3,(H2,16,17). The first-order valence-electron chi connectivity index (χ1n) is 6.17. The molecule has 0 fully saturated rings. The monoisotopic (exact) mass is 361 g/mol. The fourth-order valence-corrected chi connectivity index (χ4v) is 2.65. The summed E-state index contributed by atoms with van der Waals surface area (Å²) in [4.78, 5) is 4.31. The fourth-order valence-electron chi connectivity index (χ4n) is 2.20. The molecule has 3 nitrogen and oxygen atoms in total. The molecule has 18 heavy (non-hydrogen) atoms. The van der Waals surface area contributed by atoms with Crippen molar-refractivity contribution in [2.75, 3.05) is 5.73 Å². The van der Waals surface area contributed by atoms with E-state index in [0.717, 1.165) is 30.3 Å². The highest BCUT2D eigenvalue weighted by molar-refractivity contribution is 14.1. The first-order valence-corrected chi connectivity index (χ1v) is 7.25. The number of hydrogen-bond donors (Lipinski definition) is 1. The maximum absolute atomic E-state index is 13.7. The van der Waals surface area contributed by atoms with E-state index >= 15 is 0 Å². The second-order valence-electron chi connectivity index (χ2n) is 4.59. The van der Waals surface area contributed by atoms with Crippen molar-refractivity contribution in [3.8, 4) is 0 Å². The molecule has 1 atom stereocenters. The third-order valence-corrected chi connectivity index (χ3v) is 4.00. The Balaban J connectivity index is 2.49. The van der Waals surface area contributed by atoms with Gasteiger partial charge in [-0.2, -0.15) is 0 Å². The van der Waals surface area contributed by atoms with Crippen LogP contribution in [0.5, 0.6) is 0 Å². The quantitative estimate of drug-likeness (QED) is 0.833. The zero-order chi connectivity index (χ0) is 13.3. The van der Waals surface area contributed by atoms with Crippen molar-refractivity contribution in [3.05, 3.63) is 21.5 Å². The number of nitrogens with two attached hydrogens (primary N) is 1. The van der Waals surface area contributed by atoms with Gasteiger partial charge < -0.3 is 10.3 Å². The molecule has 1 heterocycles. The van der Waals surface area contributed by atoms with Gasteiger partial charge in [-0.3, -0.25) is 0 Å². The number of halogens is 2. The Hall–Kier alpha value is -0.850. The Kier molecular flexibility index (Phi) is 4.09. The van der Waals surface area contributed by atoms with Gasteiger partial charge in [-0.25, -0.2) is 9.37 Å². The van der Waals surface area contributed by atoms with E-state index in [1.807, 2.05) is 27.2 Å². The molecule has 1 aromatic carbocycles. The molecule has 0 radical (unpaired) electrons. The van der Waals surface area contributed by atoms with Crippen molar-refractivity contribution in [3.63, 3.8) is 0 Å². The van der Waals surface area contributed by atoms with E-state index in [0.29, 0.717) is 9.52 Å².